The Balaban J connectivity index is 1.84. The predicted octanol–water partition coefficient (Wildman–Crippen LogP) is 3.42. The summed E-state index contributed by atoms with van der Waals surface area (Å²) >= 11 is 11.8. The SMILES string of the molecule is C[C@H]1CCCC[C@@H]1NC(=O)CNC(=O)c1ccc(Cl)cc1Cl. The lowest BCUT2D eigenvalue weighted by molar-refractivity contribution is -0.121. The average Bonchev–Trinajstić information content (AvgIpc) is 2.47. The van der Waals surface area contributed by atoms with Crippen LogP contribution < -0.4 is 10.6 Å². The maximum atomic E-state index is 12.0. The van der Waals surface area contributed by atoms with Crippen LogP contribution in [0.1, 0.15) is 43.0 Å². The van der Waals surface area contributed by atoms with Gasteiger partial charge in [0.2, 0.25) is 5.91 Å². The molecule has 1 aliphatic carbocycles. The first kappa shape index (κ1) is 17.1. The first-order valence-electron chi connectivity index (χ1n) is 7.50. The minimum atomic E-state index is -0.381. The molecule has 0 radical (unpaired) electrons. The van der Waals surface area contributed by atoms with E-state index in [-0.39, 0.29) is 29.4 Å². The van der Waals surface area contributed by atoms with Gasteiger partial charge in [-0.1, -0.05) is 43.0 Å². The Bertz CT molecular complexity index is 563. The van der Waals surface area contributed by atoms with Crippen molar-refractivity contribution in [2.75, 3.05) is 6.54 Å². The molecule has 1 aliphatic rings. The fraction of sp³-hybridized carbons (Fsp3) is 0.500. The summed E-state index contributed by atoms with van der Waals surface area (Å²) in [5.41, 5.74) is 0.310. The van der Waals surface area contributed by atoms with Crippen LogP contribution in [0.15, 0.2) is 18.2 Å². The molecule has 0 unspecified atom stereocenters. The third-order valence-electron chi connectivity index (χ3n) is 4.04. The second kappa shape index (κ2) is 7.84. The van der Waals surface area contributed by atoms with E-state index in [1.165, 1.54) is 12.5 Å². The van der Waals surface area contributed by atoms with Gasteiger partial charge >= 0.3 is 0 Å². The van der Waals surface area contributed by atoms with Crippen LogP contribution in [0, 0.1) is 5.92 Å². The van der Waals surface area contributed by atoms with Crippen molar-refractivity contribution in [1.29, 1.82) is 0 Å². The Labute approximate surface area is 140 Å². The van der Waals surface area contributed by atoms with Crippen LogP contribution >= 0.6 is 23.2 Å². The molecule has 2 amide bonds. The number of nitrogens with one attached hydrogen (secondary N) is 2. The number of hydrogen-bond acceptors (Lipinski definition) is 2. The van der Waals surface area contributed by atoms with Crippen molar-refractivity contribution < 1.29 is 9.59 Å². The van der Waals surface area contributed by atoms with Gasteiger partial charge in [0, 0.05) is 11.1 Å². The second-order valence-electron chi connectivity index (χ2n) is 5.74. The number of rotatable bonds is 4. The van der Waals surface area contributed by atoms with E-state index in [9.17, 15) is 9.59 Å². The Morgan fingerprint density at radius 3 is 2.64 bits per heavy atom. The number of halogens is 2. The highest BCUT2D eigenvalue weighted by Gasteiger charge is 2.23. The molecule has 1 aromatic carbocycles. The molecule has 120 valence electrons. The van der Waals surface area contributed by atoms with Gasteiger partial charge in [-0.3, -0.25) is 9.59 Å². The van der Waals surface area contributed by atoms with Gasteiger partial charge in [0.05, 0.1) is 17.1 Å². The van der Waals surface area contributed by atoms with Crippen molar-refractivity contribution in [3.05, 3.63) is 33.8 Å². The molecular formula is C16H20Cl2N2O2. The molecule has 0 aromatic heterocycles. The van der Waals surface area contributed by atoms with Gasteiger partial charge in [0.25, 0.3) is 5.91 Å². The van der Waals surface area contributed by atoms with Crippen LogP contribution in [-0.2, 0) is 4.79 Å². The molecule has 2 atom stereocenters. The normalized spacial score (nSPS) is 21.2. The highest BCUT2D eigenvalue weighted by Crippen LogP contribution is 2.23. The van der Waals surface area contributed by atoms with E-state index in [0.717, 1.165) is 19.3 Å². The van der Waals surface area contributed by atoms with Crippen LogP contribution in [0.4, 0.5) is 0 Å². The number of carbonyl (C=O) groups excluding carboxylic acids is 2. The first-order valence-corrected chi connectivity index (χ1v) is 8.25. The minimum absolute atomic E-state index is 0.0546. The molecule has 6 heteroatoms. The van der Waals surface area contributed by atoms with Gasteiger partial charge in [-0.15, -0.1) is 0 Å². The topological polar surface area (TPSA) is 58.2 Å². The fourth-order valence-corrected chi connectivity index (χ4v) is 3.21. The summed E-state index contributed by atoms with van der Waals surface area (Å²) in [7, 11) is 0. The van der Waals surface area contributed by atoms with Crippen LogP contribution in [0.2, 0.25) is 10.0 Å². The molecule has 22 heavy (non-hydrogen) atoms. The number of hydrogen-bond donors (Lipinski definition) is 2. The van der Waals surface area contributed by atoms with E-state index in [2.05, 4.69) is 17.6 Å². The number of carbonyl (C=O) groups is 2. The highest BCUT2D eigenvalue weighted by molar-refractivity contribution is 6.36. The first-order chi connectivity index (χ1) is 10.5. The summed E-state index contributed by atoms with van der Waals surface area (Å²) < 4.78 is 0. The van der Waals surface area contributed by atoms with E-state index in [1.54, 1.807) is 12.1 Å². The largest absolute Gasteiger partial charge is 0.352 e. The van der Waals surface area contributed by atoms with Crippen LogP contribution in [0.25, 0.3) is 0 Å². The average molecular weight is 343 g/mol. The summed E-state index contributed by atoms with van der Waals surface area (Å²) in [5.74, 6) is -0.0650. The highest BCUT2D eigenvalue weighted by atomic mass is 35.5. The number of amides is 2. The molecule has 1 saturated carbocycles. The van der Waals surface area contributed by atoms with E-state index in [0.29, 0.717) is 16.5 Å². The smallest absolute Gasteiger partial charge is 0.253 e. The van der Waals surface area contributed by atoms with Crippen molar-refractivity contribution in [3.8, 4) is 0 Å². The molecule has 2 N–H and O–H groups in total. The summed E-state index contributed by atoms with van der Waals surface area (Å²) in [5, 5.41) is 6.31. The van der Waals surface area contributed by atoms with Gasteiger partial charge in [0.15, 0.2) is 0 Å². The van der Waals surface area contributed by atoms with Gasteiger partial charge in [-0.2, -0.15) is 0 Å². The lowest BCUT2D eigenvalue weighted by Crippen LogP contribution is -2.45. The lowest BCUT2D eigenvalue weighted by atomic mass is 9.86. The molecular weight excluding hydrogens is 323 g/mol. The van der Waals surface area contributed by atoms with Gasteiger partial charge < -0.3 is 10.6 Å². The monoisotopic (exact) mass is 342 g/mol. The Morgan fingerprint density at radius 1 is 1.23 bits per heavy atom. The quantitative estimate of drug-likeness (QED) is 0.880. The van der Waals surface area contributed by atoms with Gasteiger partial charge in [0.1, 0.15) is 0 Å². The molecule has 0 heterocycles. The van der Waals surface area contributed by atoms with E-state index >= 15 is 0 Å². The van der Waals surface area contributed by atoms with Gasteiger partial charge in [-0.05, 0) is 37.0 Å². The maximum absolute atomic E-state index is 12.0. The van der Waals surface area contributed by atoms with Crippen molar-refractivity contribution in [3.63, 3.8) is 0 Å². The minimum Gasteiger partial charge on any atom is -0.352 e. The van der Waals surface area contributed by atoms with Crippen LogP contribution in [-0.4, -0.2) is 24.4 Å². The molecule has 0 spiro atoms. The Morgan fingerprint density at radius 2 is 1.95 bits per heavy atom. The van der Waals surface area contributed by atoms with E-state index < -0.39 is 0 Å². The van der Waals surface area contributed by atoms with Crippen LogP contribution in [0.3, 0.4) is 0 Å². The standard InChI is InChI=1S/C16H20Cl2N2O2/c1-10-4-2-3-5-14(10)20-15(21)9-19-16(22)12-7-6-11(17)8-13(12)18/h6-8,10,14H,2-5,9H2,1H3,(H,19,22)(H,20,21)/t10-,14-/m0/s1. The van der Waals surface area contributed by atoms with Crippen LogP contribution in [0.5, 0.6) is 0 Å². The zero-order valence-corrected chi connectivity index (χ0v) is 14.0. The maximum Gasteiger partial charge on any atom is 0.253 e. The number of benzene rings is 1. The third-order valence-corrected chi connectivity index (χ3v) is 4.59. The Hall–Kier alpha value is -1.26. The summed E-state index contributed by atoms with van der Waals surface area (Å²) in [6.45, 7) is 2.09. The molecule has 0 saturated heterocycles. The summed E-state index contributed by atoms with van der Waals surface area (Å²) in [6.07, 6.45) is 4.50. The van der Waals surface area contributed by atoms with Crippen molar-refractivity contribution >= 4 is 35.0 Å². The van der Waals surface area contributed by atoms with Gasteiger partial charge in [-0.25, -0.2) is 0 Å². The molecule has 1 aromatic rings. The van der Waals surface area contributed by atoms with Crippen molar-refractivity contribution in [2.24, 2.45) is 5.92 Å². The lowest BCUT2D eigenvalue weighted by Gasteiger charge is -2.29. The summed E-state index contributed by atoms with van der Waals surface area (Å²) in [4.78, 5) is 24.0. The third kappa shape index (κ3) is 4.62. The van der Waals surface area contributed by atoms with Crippen molar-refractivity contribution in [2.45, 2.75) is 38.6 Å². The predicted molar refractivity (Wildman–Crippen MR) is 88.4 cm³/mol. The molecule has 1 fully saturated rings. The van der Waals surface area contributed by atoms with E-state index in [4.69, 9.17) is 23.2 Å². The molecule has 2 rings (SSSR count). The zero-order chi connectivity index (χ0) is 16.1. The molecule has 4 nitrogen and oxygen atoms in total. The Kier molecular flexibility index (Phi) is 6.09. The molecule has 0 bridgehead atoms. The molecule has 0 aliphatic heterocycles. The zero-order valence-electron chi connectivity index (χ0n) is 12.5. The second-order valence-corrected chi connectivity index (χ2v) is 6.59. The van der Waals surface area contributed by atoms with E-state index in [1.807, 2.05) is 0 Å². The fourth-order valence-electron chi connectivity index (χ4n) is 2.72. The summed E-state index contributed by atoms with van der Waals surface area (Å²) in [6, 6.07) is 4.84. The van der Waals surface area contributed by atoms with Crippen molar-refractivity contribution in [1.82, 2.24) is 10.6 Å².